The largest absolute Gasteiger partial charge is 0.329 e. The standard InChI is InChI=1S/C13H13Cl2N3OS/c1-8(20-13-16-5-6-18(13)2)12(19)17-9-3-4-10(14)11(15)7-9/h3-8H,1-2H3,(H,17,19). The molecule has 1 unspecified atom stereocenters. The lowest BCUT2D eigenvalue weighted by Crippen LogP contribution is -2.22. The summed E-state index contributed by atoms with van der Waals surface area (Å²) >= 11 is 13.1. The van der Waals surface area contributed by atoms with Crippen LogP contribution in [-0.4, -0.2) is 20.7 Å². The molecular weight excluding hydrogens is 317 g/mol. The molecule has 4 nitrogen and oxygen atoms in total. The second-order valence-electron chi connectivity index (χ2n) is 4.20. The molecule has 1 aromatic carbocycles. The molecule has 20 heavy (non-hydrogen) atoms. The number of carbonyl (C=O) groups excluding carboxylic acids is 1. The van der Waals surface area contributed by atoms with Crippen molar-refractivity contribution >= 4 is 46.6 Å². The van der Waals surface area contributed by atoms with Crippen molar-refractivity contribution in [1.82, 2.24) is 9.55 Å². The number of nitrogens with one attached hydrogen (secondary N) is 1. The zero-order valence-electron chi connectivity index (χ0n) is 10.9. The first-order valence-electron chi connectivity index (χ1n) is 5.87. The maximum absolute atomic E-state index is 12.1. The second-order valence-corrected chi connectivity index (χ2v) is 6.32. The highest BCUT2D eigenvalue weighted by molar-refractivity contribution is 8.00. The van der Waals surface area contributed by atoms with E-state index in [-0.39, 0.29) is 11.2 Å². The minimum absolute atomic E-state index is 0.114. The average Bonchev–Trinajstić information content (AvgIpc) is 2.79. The lowest BCUT2D eigenvalue weighted by atomic mass is 10.3. The minimum atomic E-state index is -0.273. The molecule has 0 aliphatic heterocycles. The Labute approximate surface area is 131 Å². The molecule has 1 N–H and O–H groups in total. The highest BCUT2D eigenvalue weighted by Crippen LogP contribution is 2.26. The fourth-order valence-electron chi connectivity index (χ4n) is 1.49. The molecule has 0 bridgehead atoms. The van der Waals surface area contributed by atoms with Crippen molar-refractivity contribution in [2.45, 2.75) is 17.3 Å². The molecule has 1 atom stereocenters. The summed E-state index contributed by atoms with van der Waals surface area (Å²) in [4.78, 5) is 16.3. The van der Waals surface area contributed by atoms with E-state index in [0.717, 1.165) is 5.16 Å². The topological polar surface area (TPSA) is 46.9 Å². The third kappa shape index (κ3) is 3.69. The van der Waals surface area contributed by atoms with Gasteiger partial charge in [0.1, 0.15) is 0 Å². The smallest absolute Gasteiger partial charge is 0.237 e. The van der Waals surface area contributed by atoms with Crippen molar-refractivity contribution < 1.29 is 4.79 Å². The number of hydrogen-bond acceptors (Lipinski definition) is 3. The highest BCUT2D eigenvalue weighted by atomic mass is 35.5. The van der Waals surface area contributed by atoms with Crippen LogP contribution in [0.5, 0.6) is 0 Å². The summed E-state index contributed by atoms with van der Waals surface area (Å²) in [6.07, 6.45) is 3.54. The fourth-order valence-corrected chi connectivity index (χ4v) is 2.62. The monoisotopic (exact) mass is 329 g/mol. The Morgan fingerprint density at radius 1 is 1.40 bits per heavy atom. The van der Waals surface area contributed by atoms with Gasteiger partial charge in [0.25, 0.3) is 0 Å². The molecule has 7 heteroatoms. The Morgan fingerprint density at radius 2 is 2.15 bits per heavy atom. The molecule has 0 saturated heterocycles. The number of thioether (sulfide) groups is 1. The zero-order chi connectivity index (χ0) is 14.7. The highest BCUT2D eigenvalue weighted by Gasteiger charge is 2.17. The predicted octanol–water partition coefficient (Wildman–Crippen LogP) is 3.85. The van der Waals surface area contributed by atoms with Crippen LogP contribution >= 0.6 is 35.0 Å². The van der Waals surface area contributed by atoms with Crippen LogP contribution in [0, 0.1) is 0 Å². The van der Waals surface area contributed by atoms with E-state index in [2.05, 4.69) is 10.3 Å². The van der Waals surface area contributed by atoms with Crippen LogP contribution < -0.4 is 5.32 Å². The Balaban J connectivity index is 2.00. The molecule has 0 fully saturated rings. The number of hydrogen-bond donors (Lipinski definition) is 1. The van der Waals surface area contributed by atoms with Gasteiger partial charge in [0.05, 0.1) is 15.3 Å². The average molecular weight is 330 g/mol. The quantitative estimate of drug-likeness (QED) is 0.866. The van der Waals surface area contributed by atoms with Gasteiger partial charge in [-0.1, -0.05) is 35.0 Å². The van der Waals surface area contributed by atoms with Gasteiger partial charge in [0.15, 0.2) is 5.16 Å². The van der Waals surface area contributed by atoms with E-state index < -0.39 is 0 Å². The molecule has 0 spiro atoms. The van der Waals surface area contributed by atoms with Gasteiger partial charge in [0, 0.05) is 25.1 Å². The molecule has 1 amide bonds. The number of carbonyl (C=O) groups is 1. The van der Waals surface area contributed by atoms with Crippen molar-refractivity contribution in [1.29, 1.82) is 0 Å². The van der Waals surface area contributed by atoms with E-state index in [1.807, 2.05) is 24.7 Å². The number of aromatic nitrogens is 2. The molecule has 0 radical (unpaired) electrons. The third-order valence-corrected chi connectivity index (χ3v) is 4.53. The zero-order valence-corrected chi connectivity index (χ0v) is 13.3. The van der Waals surface area contributed by atoms with Crippen molar-refractivity contribution in [3.63, 3.8) is 0 Å². The van der Waals surface area contributed by atoms with Crippen LogP contribution in [0.15, 0.2) is 35.7 Å². The van der Waals surface area contributed by atoms with Gasteiger partial charge in [-0.05, 0) is 25.1 Å². The Morgan fingerprint density at radius 3 is 2.75 bits per heavy atom. The van der Waals surface area contributed by atoms with Crippen molar-refractivity contribution in [3.05, 3.63) is 40.6 Å². The number of amides is 1. The summed E-state index contributed by atoms with van der Waals surface area (Å²) in [7, 11) is 1.89. The Kier molecular flexibility index (Phi) is 4.96. The summed E-state index contributed by atoms with van der Waals surface area (Å²) in [6, 6.07) is 4.99. The summed E-state index contributed by atoms with van der Waals surface area (Å²) < 4.78 is 1.87. The van der Waals surface area contributed by atoms with Crippen molar-refractivity contribution in [3.8, 4) is 0 Å². The van der Waals surface area contributed by atoms with Crippen LogP contribution in [0.2, 0.25) is 10.0 Å². The molecule has 0 aliphatic rings. The summed E-state index contributed by atoms with van der Waals surface area (Å²) in [5.74, 6) is -0.114. The fraction of sp³-hybridized carbons (Fsp3) is 0.231. The number of aryl methyl sites for hydroxylation is 1. The maximum atomic E-state index is 12.1. The molecule has 2 aromatic rings. The van der Waals surface area contributed by atoms with E-state index >= 15 is 0 Å². The Bertz CT molecular complexity index is 630. The van der Waals surface area contributed by atoms with Crippen LogP contribution in [0.3, 0.4) is 0 Å². The van der Waals surface area contributed by atoms with E-state index in [4.69, 9.17) is 23.2 Å². The number of anilines is 1. The first-order chi connectivity index (χ1) is 9.47. The van der Waals surface area contributed by atoms with E-state index in [1.165, 1.54) is 11.8 Å². The van der Waals surface area contributed by atoms with Gasteiger partial charge in [-0.15, -0.1) is 0 Å². The SMILES string of the molecule is CC(Sc1nccn1C)C(=O)Nc1ccc(Cl)c(Cl)c1. The van der Waals surface area contributed by atoms with Crippen molar-refractivity contribution in [2.75, 3.05) is 5.32 Å². The number of nitrogens with zero attached hydrogens (tertiary/aromatic N) is 2. The van der Waals surface area contributed by atoms with Gasteiger partial charge in [0.2, 0.25) is 5.91 Å². The maximum Gasteiger partial charge on any atom is 0.237 e. The Hall–Kier alpha value is -1.17. The molecule has 1 heterocycles. The van der Waals surface area contributed by atoms with Gasteiger partial charge >= 0.3 is 0 Å². The van der Waals surface area contributed by atoms with E-state index in [1.54, 1.807) is 24.4 Å². The summed E-state index contributed by atoms with van der Waals surface area (Å²) in [6.45, 7) is 1.83. The minimum Gasteiger partial charge on any atom is -0.329 e. The predicted molar refractivity (Wildman–Crippen MR) is 83.6 cm³/mol. The summed E-state index contributed by atoms with van der Waals surface area (Å²) in [5, 5.41) is 4.19. The number of benzene rings is 1. The third-order valence-electron chi connectivity index (χ3n) is 2.62. The number of halogens is 2. The first-order valence-corrected chi connectivity index (χ1v) is 7.51. The van der Waals surface area contributed by atoms with Gasteiger partial charge in [-0.2, -0.15) is 0 Å². The summed E-state index contributed by atoms with van der Waals surface area (Å²) in [5.41, 5.74) is 0.622. The van der Waals surface area contributed by atoms with E-state index in [0.29, 0.717) is 15.7 Å². The molecule has 106 valence electrons. The van der Waals surface area contributed by atoms with Crippen LogP contribution in [-0.2, 0) is 11.8 Å². The van der Waals surface area contributed by atoms with Crippen molar-refractivity contribution in [2.24, 2.45) is 7.05 Å². The molecule has 0 saturated carbocycles. The molecule has 0 aliphatic carbocycles. The molecular formula is C13H13Cl2N3OS. The van der Waals surface area contributed by atoms with E-state index in [9.17, 15) is 4.79 Å². The molecule has 1 aromatic heterocycles. The van der Waals surface area contributed by atoms with Gasteiger partial charge < -0.3 is 9.88 Å². The van der Waals surface area contributed by atoms with Crippen LogP contribution in [0.4, 0.5) is 5.69 Å². The van der Waals surface area contributed by atoms with Gasteiger partial charge in [-0.25, -0.2) is 4.98 Å². The first kappa shape index (κ1) is 15.2. The second kappa shape index (κ2) is 6.52. The van der Waals surface area contributed by atoms with Gasteiger partial charge in [-0.3, -0.25) is 4.79 Å². The lowest BCUT2D eigenvalue weighted by molar-refractivity contribution is -0.115. The van der Waals surface area contributed by atoms with Crippen LogP contribution in [0.1, 0.15) is 6.92 Å². The number of rotatable bonds is 4. The normalized spacial score (nSPS) is 12.2. The number of imidazole rings is 1. The molecule has 2 rings (SSSR count). The van der Waals surface area contributed by atoms with Crippen LogP contribution in [0.25, 0.3) is 0 Å². The lowest BCUT2D eigenvalue weighted by Gasteiger charge is -2.12.